The van der Waals surface area contributed by atoms with Crippen LogP contribution in [0.15, 0.2) is 0 Å². The van der Waals surface area contributed by atoms with E-state index in [-0.39, 0.29) is 11.5 Å². The summed E-state index contributed by atoms with van der Waals surface area (Å²) in [7, 11) is -0.721. The Bertz CT molecular complexity index is 163. The van der Waals surface area contributed by atoms with Crippen LogP contribution < -0.4 is 5.73 Å². The Morgan fingerprint density at radius 3 is 2.31 bits per heavy atom. The monoisotopic (exact) mass is 205 g/mol. The molecule has 2 unspecified atom stereocenters. The van der Waals surface area contributed by atoms with E-state index in [1.807, 2.05) is 0 Å². The minimum atomic E-state index is -0.721. The van der Waals surface area contributed by atoms with Crippen LogP contribution in [0.4, 0.5) is 0 Å². The first-order valence-electron chi connectivity index (χ1n) is 4.98. The van der Waals surface area contributed by atoms with Gasteiger partial charge in [-0.05, 0) is 11.8 Å². The SMILES string of the molecule is CCCCS(=O)CC(N)C(C)(C)C. The quantitative estimate of drug-likeness (QED) is 0.745. The van der Waals surface area contributed by atoms with Gasteiger partial charge in [-0.1, -0.05) is 34.1 Å². The van der Waals surface area contributed by atoms with E-state index in [0.717, 1.165) is 18.6 Å². The average molecular weight is 205 g/mol. The fourth-order valence-electron chi connectivity index (χ4n) is 0.839. The highest BCUT2D eigenvalue weighted by molar-refractivity contribution is 7.85. The zero-order valence-electron chi connectivity index (χ0n) is 9.30. The van der Waals surface area contributed by atoms with Gasteiger partial charge in [0.25, 0.3) is 0 Å². The van der Waals surface area contributed by atoms with Crippen LogP contribution in [0.3, 0.4) is 0 Å². The second-order valence-corrected chi connectivity index (χ2v) is 6.26. The normalized spacial score (nSPS) is 17.0. The van der Waals surface area contributed by atoms with Gasteiger partial charge in [0.2, 0.25) is 0 Å². The van der Waals surface area contributed by atoms with Crippen molar-refractivity contribution in [2.24, 2.45) is 11.1 Å². The smallest absolute Gasteiger partial charge is 0.0391 e. The summed E-state index contributed by atoms with van der Waals surface area (Å²) in [4.78, 5) is 0. The number of rotatable bonds is 5. The summed E-state index contributed by atoms with van der Waals surface area (Å²) in [6, 6.07) is 0.0465. The van der Waals surface area contributed by atoms with Gasteiger partial charge in [-0.3, -0.25) is 4.21 Å². The molecule has 3 heteroatoms. The first-order chi connectivity index (χ1) is 5.88. The maximum atomic E-state index is 11.5. The molecule has 0 radical (unpaired) electrons. The molecule has 2 atom stereocenters. The molecule has 2 N–H and O–H groups in total. The summed E-state index contributed by atoms with van der Waals surface area (Å²) < 4.78 is 11.5. The van der Waals surface area contributed by atoms with Crippen LogP contribution in [0.2, 0.25) is 0 Å². The van der Waals surface area contributed by atoms with E-state index in [1.165, 1.54) is 0 Å². The van der Waals surface area contributed by atoms with Gasteiger partial charge in [-0.15, -0.1) is 0 Å². The molecule has 80 valence electrons. The highest BCUT2D eigenvalue weighted by atomic mass is 32.2. The predicted octanol–water partition coefficient (Wildman–Crippen LogP) is 1.91. The summed E-state index contributed by atoms with van der Waals surface area (Å²) in [5.41, 5.74) is 6.00. The van der Waals surface area contributed by atoms with Crippen LogP contribution in [0.25, 0.3) is 0 Å². The third-order valence-corrected chi connectivity index (χ3v) is 3.68. The van der Waals surface area contributed by atoms with Crippen molar-refractivity contribution in [3.63, 3.8) is 0 Å². The maximum absolute atomic E-state index is 11.5. The molecule has 0 fully saturated rings. The van der Waals surface area contributed by atoms with Crippen molar-refractivity contribution in [1.29, 1.82) is 0 Å². The van der Waals surface area contributed by atoms with Gasteiger partial charge in [0.15, 0.2) is 0 Å². The van der Waals surface area contributed by atoms with Gasteiger partial charge in [0, 0.05) is 28.3 Å². The molecule has 0 rings (SSSR count). The van der Waals surface area contributed by atoms with Crippen LogP contribution in [0.1, 0.15) is 40.5 Å². The standard InChI is InChI=1S/C10H23NOS/c1-5-6-7-13(12)8-9(11)10(2,3)4/h9H,5-8,11H2,1-4H3. The summed E-state index contributed by atoms with van der Waals surface area (Å²) in [6.45, 7) is 8.39. The molecule has 0 bridgehead atoms. The molecule has 2 nitrogen and oxygen atoms in total. The van der Waals surface area contributed by atoms with Crippen molar-refractivity contribution in [3.8, 4) is 0 Å². The average Bonchev–Trinajstić information content (AvgIpc) is 1.99. The summed E-state index contributed by atoms with van der Waals surface area (Å²) in [5, 5.41) is 0. The Hall–Kier alpha value is 0.110. The van der Waals surface area contributed by atoms with Crippen LogP contribution in [0.5, 0.6) is 0 Å². The van der Waals surface area contributed by atoms with Crippen LogP contribution >= 0.6 is 0 Å². The molecule has 0 amide bonds. The molecule has 0 aromatic carbocycles. The van der Waals surface area contributed by atoms with Crippen molar-refractivity contribution < 1.29 is 4.21 Å². The van der Waals surface area contributed by atoms with Crippen molar-refractivity contribution >= 4 is 10.8 Å². The number of unbranched alkanes of at least 4 members (excludes halogenated alkanes) is 1. The van der Waals surface area contributed by atoms with E-state index < -0.39 is 10.8 Å². The Balaban J connectivity index is 3.79. The summed E-state index contributed by atoms with van der Waals surface area (Å²) in [5.74, 6) is 1.45. The molecule has 0 saturated heterocycles. The minimum Gasteiger partial charge on any atom is -0.326 e. The van der Waals surface area contributed by atoms with E-state index in [2.05, 4.69) is 27.7 Å². The van der Waals surface area contributed by atoms with Gasteiger partial charge in [-0.25, -0.2) is 0 Å². The molecule has 0 heterocycles. The summed E-state index contributed by atoms with van der Waals surface area (Å²) >= 11 is 0. The van der Waals surface area contributed by atoms with Gasteiger partial charge in [-0.2, -0.15) is 0 Å². The Morgan fingerprint density at radius 1 is 1.38 bits per heavy atom. The largest absolute Gasteiger partial charge is 0.326 e. The maximum Gasteiger partial charge on any atom is 0.0391 e. The van der Waals surface area contributed by atoms with E-state index >= 15 is 0 Å². The number of hydrogen-bond acceptors (Lipinski definition) is 2. The number of nitrogens with two attached hydrogens (primary N) is 1. The molecule has 0 aromatic heterocycles. The minimum absolute atomic E-state index is 0.0465. The lowest BCUT2D eigenvalue weighted by Gasteiger charge is -2.26. The first-order valence-corrected chi connectivity index (χ1v) is 6.47. The van der Waals surface area contributed by atoms with Crippen molar-refractivity contribution in [2.45, 2.75) is 46.6 Å². The van der Waals surface area contributed by atoms with E-state index in [0.29, 0.717) is 5.75 Å². The van der Waals surface area contributed by atoms with Gasteiger partial charge >= 0.3 is 0 Å². The van der Waals surface area contributed by atoms with E-state index in [9.17, 15) is 4.21 Å². The highest BCUT2D eigenvalue weighted by Crippen LogP contribution is 2.18. The van der Waals surface area contributed by atoms with Crippen LogP contribution in [-0.4, -0.2) is 21.8 Å². The second kappa shape index (κ2) is 5.76. The summed E-state index contributed by atoms with van der Waals surface area (Å²) in [6.07, 6.45) is 2.15. The molecular formula is C10H23NOS. The number of hydrogen-bond donors (Lipinski definition) is 1. The molecule has 0 aliphatic carbocycles. The van der Waals surface area contributed by atoms with Crippen molar-refractivity contribution in [1.82, 2.24) is 0 Å². The lowest BCUT2D eigenvalue weighted by Crippen LogP contribution is -2.40. The van der Waals surface area contributed by atoms with E-state index in [4.69, 9.17) is 5.73 Å². The van der Waals surface area contributed by atoms with Crippen molar-refractivity contribution in [3.05, 3.63) is 0 Å². The molecular weight excluding hydrogens is 182 g/mol. The lowest BCUT2D eigenvalue weighted by molar-refractivity contribution is 0.342. The molecule has 0 saturated carbocycles. The fourth-order valence-corrected chi connectivity index (χ4v) is 2.52. The lowest BCUT2D eigenvalue weighted by atomic mass is 9.89. The van der Waals surface area contributed by atoms with Gasteiger partial charge in [0.1, 0.15) is 0 Å². The second-order valence-electron chi connectivity index (χ2n) is 4.64. The van der Waals surface area contributed by atoms with Gasteiger partial charge < -0.3 is 5.73 Å². The predicted molar refractivity (Wildman–Crippen MR) is 60.2 cm³/mol. The topological polar surface area (TPSA) is 43.1 Å². The molecule has 13 heavy (non-hydrogen) atoms. The highest BCUT2D eigenvalue weighted by Gasteiger charge is 2.22. The molecule has 0 spiro atoms. The van der Waals surface area contributed by atoms with Crippen LogP contribution in [-0.2, 0) is 10.8 Å². The molecule has 0 aliphatic heterocycles. The Labute approximate surface area is 84.7 Å². The molecule has 0 aliphatic rings. The van der Waals surface area contributed by atoms with Gasteiger partial charge in [0.05, 0.1) is 0 Å². The Morgan fingerprint density at radius 2 is 1.92 bits per heavy atom. The fraction of sp³-hybridized carbons (Fsp3) is 1.00. The molecule has 0 aromatic rings. The first kappa shape index (κ1) is 13.1. The zero-order chi connectivity index (χ0) is 10.5. The zero-order valence-corrected chi connectivity index (χ0v) is 10.1. The van der Waals surface area contributed by atoms with E-state index in [1.54, 1.807) is 0 Å². The third kappa shape index (κ3) is 6.22. The third-order valence-electron chi connectivity index (χ3n) is 2.20. The van der Waals surface area contributed by atoms with Crippen LogP contribution in [0, 0.1) is 5.41 Å². The Kier molecular flexibility index (Phi) is 5.81. The van der Waals surface area contributed by atoms with Crippen molar-refractivity contribution in [2.75, 3.05) is 11.5 Å².